The van der Waals surface area contributed by atoms with Gasteiger partial charge >= 0.3 is 0 Å². The molecular weight excluding hydrogens is 410 g/mol. The number of hydrazone groups is 1. The third kappa shape index (κ3) is 2.87. The summed E-state index contributed by atoms with van der Waals surface area (Å²) >= 11 is 5.85. The Hall–Kier alpha value is -3.26. The monoisotopic (exact) mass is 425 g/mol. The zero-order valence-electron chi connectivity index (χ0n) is 15.6. The molecule has 30 heavy (non-hydrogen) atoms. The van der Waals surface area contributed by atoms with Gasteiger partial charge in [-0.15, -0.1) is 0 Å². The number of allylic oxidation sites excluding steroid dienone is 2. The SMILES string of the molecule is O=C1[C@H]2[C@H](C(=O)N1/N=C\c1ccc(-c3ccc(Cl)cc3[N+](=O)[O-])o1)[C@@H]1C=C[C@@H]2CC1. The van der Waals surface area contributed by atoms with Crippen molar-refractivity contribution in [1.82, 2.24) is 5.01 Å². The number of nitro groups is 1. The molecule has 1 aliphatic heterocycles. The normalized spacial score (nSPS) is 27.3. The van der Waals surface area contributed by atoms with E-state index in [1.54, 1.807) is 12.1 Å². The average molecular weight is 426 g/mol. The number of fused-ring (bicyclic) bond motifs is 1. The maximum Gasteiger partial charge on any atom is 0.281 e. The van der Waals surface area contributed by atoms with Crippen LogP contribution in [0.2, 0.25) is 5.02 Å². The molecule has 152 valence electrons. The van der Waals surface area contributed by atoms with Crippen LogP contribution in [-0.4, -0.2) is 28.0 Å². The Morgan fingerprint density at radius 1 is 1.10 bits per heavy atom. The van der Waals surface area contributed by atoms with E-state index >= 15 is 0 Å². The number of halogens is 1. The van der Waals surface area contributed by atoms with Gasteiger partial charge in [0.1, 0.15) is 11.5 Å². The summed E-state index contributed by atoms with van der Waals surface area (Å²) in [6, 6.07) is 7.42. The minimum absolute atomic E-state index is 0.0947. The van der Waals surface area contributed by atoms with Gasteiger partial charge in [0.05, 0.1) is 28.5 Å². The van der Waals surface area contributed by atoms with Crippen LogP contribution in [0, 0.1) is 33.8 Å². The van der Waals surface area contributed by atoms with Gasteiger partial charge in [-0.2, -0.15) is 10.1 Å². The van der Waals surface area contributed by atoms with E-state index in [1.807, 2.05) is 12.2 Å². The molecule has 3 aliphatic carbocycles. The highest BCUT2D eigenvalue weighted by molar-refractivity contribution is 6.30. The standard InChI is InChI=1S/C21H16ClN3O5/c22-13-5-7-15(16(9-13)25(28)29)17-8-6-14(30-17)10-23-24-20(26)18-11-1-2-12(4-3-11)19(18)21(24)27/h1-2,5-12,18-19H,3-4H2/b23-10-/t11-,12-,18-,19-/m1/s1. The lowest BCUT2D eigenvalue weighted by Gasteiger charge is -2.37. The zero-order valence-corrected chi connectivity index (χ0v) is 16.4. The highest BCUT2D eigenvalue weighted by Crippen LogP contribution is 2.49. The molecule has 0 spiro atoms. The largest absolute Gasteiger partial charge is 0.455 e. The number of hydrogen-bond donors (Lipinski definition) is 0. The molecule has 6 rings (SSSR count). The number of carbonyl (C=O) groups excluding carboxylic acids is 2. The van der Waals surface area contributed by atoms with Crippen LogP contribution >= 0.6 is 11.6 Å². The molecule has 2 fully saturated rings. The summed E-state index contributed by atoms with van der Waals surface area (Å²) in [7, 11) is 0. The summed E-state index contributed by atoms with van der Waals surface area (Å²) in [4.78, 5) is 36.3. The molecule has 0 radical (unpaired) electrons. The predicted molar refractivity (Wildman–Crippen MR) is 108 cm³/mol. The maximum atomic E-state index is 12.8. The topological polar surface area (TPSA) is 106 Å². The number of hydrogen-bond acceptors (Lipinski definition) is 6. The number of nitro benzene ring substituents is 1. The van der Waals surface area contributed by atoms with Gasteiger partial charge in [-0.3, -0.25) is 19.7 Å². The molecule has 0 unspecified atom stereocenters. The number of nitrogens with zero attached hydrogens (tertiary/aromatic N) is 3. The van der Waals surface area contributed by atoms with Gasteiger partial charge in [-0.25, -0.2) is 0 Å². The summed E-state index contributed by atoms with van der Waals surface area (Å²) in [5.74, 6) is -0.499. The van der Waals surface area contributed by atoms with Crippen molar-refractivity contribution >= 4 is 35.3 Å². The second kappa shape index (κ2) is 6.91. The molecule has 4 atom stereocenters. The highest BCUT2D eigenvalue weighted by atomic mass is 35.5. The van der Waals surface area contributed by atoms with Crippen molar-refractivity contribution < 1.29 is 18.9 Å². The van der Waals surface area contributed by atoms with Crippen molar-refractivity contribution in [3.8, 4) is 11.3 Å². The molecule has 4 aliphatic rings. The molecule has 1 aromatic carbocycles. The van der Waals surface area contributed by atoms with Gasteiger partial charge in [0, 0.05) is 11.1 Å². The van der Waals surface area contributed by atoms with Crippen molar-refractivity contribution in [2.75, 3.05) is 0 Å². The van der Waals surface area contributed by atoms with Crippen molar-refractivity contribution in [3.05, 3.63) is 63.4 Å². The lowest BCUT2D eigenvalue weighted by Crippen LogP contribution is -2.38. The third-order valence-electron chi connectivity index (χ3n) is 6.09. The molecule has 2 aromatic rings. The first-order chi connectivity index (χ1) is 14.4. The molecule has 2 bridgehead atoms. The quantitative estimate of drug-likeness (QED) is 0.241. The summed E-state index contributed by atoms with van der Waals surface area (Å²) in [5, 5.41) is 16.6. The van der Waals surface area contributed by atoms with E-state index in [0.717, 1.165) is 17.9 Å². The molecule has 1 aromatic heterocycles. The number of benzene rings is 1. The van der Waals surface area contributed by atoms with Crippen LogP contribution in [-0.2, 0) is 9.59 Å². The van der Waals surface area contributed by atoms with E-state index in [1.165, 1.54) is 24.4 Å². The van der Waals surface area contributed by atoms with Crippen LogP contribution in [0.15, 0.2) is 52.0 Å². The minimum atomic E-state index is -0.539. The number of rotatable bonds is 4. The van der Waals surface area contributed by atoms with E-state index in [2.05, 4.69) is 5.10 Å². The van der Waals surface area contributed by atoms with Gasteiger partial charge in [0.2, 0.25) is 0 Å². The van der Waals surface area contributed by atoms with E-state index in [4.69, 9.17) is 16.0 Å². The fourth-order valence-electron chi connectivity index (χ4n) is 4.72. The molecule has 2 amide bonds. The third-order valence-corrected chi connectivity index (χ3v) is 6.32. The van der Waals surface area contributed by atoms with Gasteiger partial charge in [-0.05, 0) is 48.9 Å². The lowest BCUT2D eigenvalue weighted by atomic mass is 9.63. The lowest BCUT2D eigenvalue weighted by molar-refractivity contribution is -0.384. The van der Waals surface area contributed by atoms with Crippen LogP contribution in [0.25, 0.3) is 11.3 Å². The Morgan fingerprint density at radius 3 is 2.37 bits per heavy atom. The molecule has 2 heterocycles. The Balaban J connectivity index is 1.40. The molecule has 1 saturated carbocycles. The van der Waals surface area contributed by atoms with Crippen LogP contribution in [0.3, 0.4) is 0 Å². The van der Waals surface area contributed by atoms with Crippen molar-refractivity contribution in [2.45, 2.75) is 12.8 Å². The maximum absolute atomic E-state index is 12.8. The molecule has 9 heteroatoms. The molecular formula is C21H16ClN3O5. The smallest absolute Gasteiger partial charge is 0.281 e. The first kappa shape index (κ1) is 18.7. The van der Waals surface area contributed by atoms with Crippen molar-refractivity contribution in [2.24, 2.45) is 28.8 Å². The Bertz CT molecular complexity index is 1110. The summed E-state index contributed by atoms with van der Waals surface area (Å²) in [5.41, 5.74) is 0.0864. The first-order valence-electron chi connectivity index (χ1n) is 9.58. The summed E-state index contributed by atoms with van der Waals surface area (Å²) in [6.07, 6.45) is 7.21. The second-order valence-electron chi connectivity index (χ2n) is 7.69. The fraction of sp³-hybridized carbons (Fsp3) is 0.286. The number of furan rings is 1. The van der Waals surface area contributed by atoms with E-state index in [-0.39, 0.29) is 63.3 Å². The number of carbonyl (C=O) groups is 2. The summed E-state index contributed by atoms with van der Waals surface area (Å²) < 4.78 is 5.65. The Morgan fingerprint density at radius 2 is 1.77 bits per heavy atom. The fourth-order valence-corrected chi connectivity index (χ4v) is 4.88. The molecule has 8 nitrogen and oxygen atoms in total. The Kier molecular flexibility index (Phi) is 4.32. The first-order valence-corrected chi connectivity index (χ1v) is 9.96. The van der Waals surface area contributed by atoms with Crippen molar-refractivity contribution in [1.29, 1.82) is 0 Å². The van der Waals surface area contributed by atoms with Crippen molar-refractivity contribution in [3.63, 3.8) is 0 Å². The molecule has 0 N–H and O–H groups in total. The van der Waals surface area contributed by atoms with Crippen LogP contribution in [0.5, 0.6) is 0 Å². The van der Waals surface area contributed by atoms with Crippen LogP contribution in [0.1, 0.15) is 18.6 Å². The summed E-state index contributed by atoms with van der Waals surface area (Å²) in [6.45, 7) is 0. The van der Waals surface area contributed by atoms with Crippen LogP contribution < -0.4 is 0 Å². The van der Waals surface area contributed by atoms with Gasteiger partial charge in [0.25, 0.3) is 17.5 Å². The van der Waals surface area contributed by atoms with Gasteiger partial charge in [0.15, 0.2) is 0 Å². The predicted octanol–water partition coefficient (Wildman–Crippen LogP) is 4.04. The van der Waals surface area contributed by atoms with E-state index in [9.17, 15) is 19.7 Å². The zero-order chi connectivity index (χ0) is 21.0. The average Bonchev–Trinajstić information content (AvgIpc) is 3.31. The Labute approximate surface area is 175 Å². The minimum Gasteiger partial charge on any atom is -0.455 e. The number of amides is 2. The number of imide groups is 1. The molecule has 1 saturated heterocycles. The van der Waals surface area contributed by atoms with Gasteiger partial charge < -0.3 is 4.42 Å². The van der Waals surface area contributed by atoms with E-state index in [0.29, 0.717) is 0 Å². The second-order valence-corrected chi connectivity index (χ2v) is 8.13. The highest BCUT2D eigenvalue weighted by Gasteiger charge is 2.56. The van der Waals surface area contributed by atoms with Crippen LogP contribution in [0.4, 0.5) is 5.69 Å². The van der Waals surface area contributed by atoms with E-state index < -0.39 is 4.92 Å². The van der Waals surface area contributed by atoms with Gasteiger partial charge in [-0.1, -0.05) is 23.8 Å².